The van der Waals surface area contributed by atoms with E-state index in [1.165, 1.54) is 11.8 Å². The zero-order valence-electron chi connectivity index (χ0n) is 7.58. The molecule has 0 saturated carbocycles. The van der Waals surface area contributed by atoms with Crippen LogP contribution in [0.2, 0.25) is 5.15 Å². The second kappa shape index (κ2) is 5.42. The van der Waals surface area contributed by atoms with Crippen molar-refractivity contribution in [3.8, 4) is 0 Å². The van der Waals surface area contributed by atoms with E-state index in [1.54, 1.807) is 6.07 Å². The Labute approximate surface area is 86.9 Å². The normalized spacial score (nSPS) is 10.4. The highest BCUT2D eigenvalue weighted by molar-refractivity contribution is 7.98. The number of hydrogen-bond donors (Lipinski definition) is 0. The number of ether oxygens (including phenoxy) is 1. The van der Waals surface area contributed by atoms with E-state index in [-0.39, 0.29) is 0 Å². The van der Waals surface area contributed by atoms with Crippen molar-refractivity contribution in [3.05, 3.63) is 17.0 Å². The minimum atomic E-state index is 0.421. The molecular weight excluding hydrogens is 208 g/mol. The fraction of sp³-hybridized carbons (Fsp3) is 0.500. The van der Waals surface area contributed by atoms with Crippen LogP contribution in [-0.4, -0.2) is 22.8 Å². The topological polar surface area (TPSA) is 35.0 Å². The second-order valence-electron chi connectivity index (χ2n) is 2.29. The van der Waals surface area contributed by atoms with Crippen molar-refractivity contribution in [2.24, 2.45) is 0 Å². The molecule has 0 amide bonds. The third kappa shape index (κ3) is 3.50. The van der Waals surface area contributed by atoms with E-state index in [2.05, 4.69) is 9.97 Å². The van der Waals surface area contributed by atoms with E-state index in [0.29, 0.717) is 24.2 Å². The van der Waals surface area contributed by atoms with Gasteiger partial charge in [-0.1, -0.05) is 11.6 Å². The summed E-state index contributed by atoms with van der Waals surface area (Å²) in [6.45, 7) is 3.01. The van der Waals surface area contributed by atoms with Gasteiger partial charge in [0.1, 0.15) is 16.8 Å². The van der Waals surface area contributed by atoms with E-state index >= 15 is 0 Å². The van der Waals surface area contributed by atoms with Gasteiger partial charge in [0.05, 0.1) is 0 Å². The van der Waals surface area contributed by atoms with Gasteiger partial charge >= 0.3 is 0 Å². The maximum Gasteiger partial charge on any atom is 0.156 e. The molecule has 0 spiro atoms. The molecule has 3 nitrogen and oxygen atoms in total. The van der Waals surface area contributed by atoms with Crippen LogP contribution in [0.3, 0.4) is 0 Å². The summed E-state index contributed by atoms with van der Waals surface area (Å²) in [7, 11) is 0. The molecule has 0 radical (unpaired) electrons. The second-order valence-corrected chi connectivity index (χ2v) is 3.50. The van der Waals surface area contributed by atoms with Crippen molar-refractivity contribution in [2.75, 3.05) is 12.9 Å². The van der Waals surface area contributed by atoms with Crippen molar-refractivity contribution in [2.45, 2.75) is 18.6 Å². The monoisotopic (exact) mass is 218 g/mol. The molecule has 0 atom stereocenters. The van der Waals surface area contributed by atoms with Crippen molar-refractivity contribution >= 4 is 23.4 Å². The van der Waals surface area contributed by atoms with Gasteiger partial charge in [-0.3, -0.25) is 0 Å². The molecule has 0 aromatic carbocycles. The van der Waals surface area contributed by atoms with Gasteiger partial charge in [0.2, 0.25) is 0 Å². The Morgan fingerprint density at radius 1 is 1.54 bits per heavy atom. The first kappa shape index (κ1) is 10.8. The number of aromatic nitrogens is 2. The van der Waals surface area contributed by atoms with Crippen molar-refractivity contribution in [1.82, 2.24) is 9.97 Å². The van der Waals surface area contributed by atoms with Crippen LogP contribution in [0.5, 0.6) is 0 Å². The van der Waals surface area contributed by atoms with E-state index in [1.807, 2.05) is 13.2 Å². The minimum Gasteiger partial charge on any atom is -0.374 e. The SMILES string of the molecule is CCOCc1nc(Cl)cc(SC)n1. The summed E-state index contributed by atoms with van der Waals surface area (Å²) in [5.41, 5.74) is 0. The molecule has 13 heavy (non-hydrogen) atoms. The first-order chi connectivity index (χ1) is 6.26. The third-order valence-corrected chi connectivity index (χ3v) is 2.18. The average molecular weight is 219 g/mol. The predicted molar refractivity (Wildman–Crippen MR) is 54.2 cm³/mol. The van der Waals surface area contributed by atoms with E-state index in [0.717, 1.165) is 5.03 Å². The molecule has 72 valence electrons. The third-order valence-electron chi connectivity index (χ3n) is 1.36. The molecule has 1 aromatic rings. The Morgan fingerprint density at radius 2 is 2.31 bits per heavy atom. The summed E-state index contributed by atoms with van der Waals surface area (Å²) in [4.78, 5) is 8.27. The number of rotatable bonds is 4. The zero-order valence-corrected chi connectivity index (χ0v) is 9.15. The number of nitrogens with zero attached hydrogens (tertiary/aromatic N) is 2. The summed E-state index contributed by atoms with van der Waals surface area (Å²) in [6, 6.07) is 1.74. The van der Waals surface area contributed by atoms with Crippen LogP contribution in [-0.2, 0) is 11.3 Å². The lowest BCUT2D eigenvalue weighted by Crippen LogP contribution is -1.99. The summed E-state index contributed by atoms with van der Waals surface area (Å²) < 4.78 is 5.18. The van der Waals surface area contributed by atoms with Gasteiger partial charge in [0.25, 0.3) is 0 Å². The van der Waals surface area contributed by atoms with Gasteiger partial charge in [-0.25, -0.2) is 9.97 Å². The van der Waals surface area contributed by atoms with Gasteiger partial charge in [0, 0.05) is 12.7 Å². The first-order valence-corrected chi connectivity index (χ1v) is 5.51. The summed E-state index contributed by atoms with van der Waals surface area (Å²) in [5, 5.41) is 1.34. The highest BCUT2D eigenvalue weighted by Crippen LogP contribution is 2.15. The Bertz CT molecular complexity index is 283. The summed E-state index contributed by atoms with van der Waals surface area (Å²) in [6.07, 6.45) is 1.95. The molecule has 0 aliphatic rings. The van der Waals surface area contributed by atoms with Crippen molar-refractivity contribution in [1.29, 1.82) is 0 Å². The van der Waals surface area contributed by atoms with Crippen LogP contribution in [0.15, 0.2) is 11.1 Å². The number of thioether (sulfide) groups is 1. The van der Waals surface area contributed by atoms with E-state index in [4.69, 9.17) is 16.3 Å². The van der Waals surface area contributed by atoms with Gasteiger partial charge in [-0.15, -0.1) is 11.8 Å². The van der Waals surface area contributed by atoms with Crippen LogP contribution in [0.25, 0.3) is 0 Å². The maximum absolute atomic E-state index is 5.79. The van der Waals surface area contributed by atoms with Crippen LogP contribution in [0.4, 0.5) is 0 Å². The fourth-order valence-corrected chi connectivity index (χ4v) is 1.50. The standard InChI is InChI=1S/C8H11ClN2OS/c1-3-12-5-7-10-6(9)4-8(11-7)13-2/h4H,3,5H2,1-2H3. The molecule has 0 aliphatic heterocycles. The van der Waals surface area contributed by atoms with Gasteiger partial charge < -0.3 is 4.74 Å². The van der Waals surface area contributed by atoms with Crippen molar-refractivity contribution < 1.29 is 4.74 Å². The molecule has 5 heteroatoms. The lowest BCUT2D eigenvalue weighted by atomic mass is 10.6. The Kier molecular flexibility index (Phi) is 4.48. The highest BCUT2D eigenvalue weighted by atomic mass is 35.5. The average Bonchev–Trinajstić information content (AvgIpc) is 2.14. The van der Waals surface area contributed by atoms with Gasteiger partial charge in [0.15, 0.2) is 5.82 Å². The Hall–Kier alpha value is -0.320. The van der Waals surface area contributed by atoms with Gasteiger partial charge in [-0.05, 0) is 13.2 Å². The molecule has 1 heterocycles. The summed E-state index contributed by atoms with van der Waals surface area (Å²) >= 11 is 7.33. The largest absolute Gasteiger partial charge is 0.374 e. The zero-order chi connectivity index (χ0) is 9.68. The highest BCUT2D eigenvalue weighted by Gasteiger charge is 2.01. The lowest BCUT2D eigenvalue weighted by Gasteiger charge is -2.02. The molecule has 0 fully saturated rings. The molecule has 0 aliphatic carbocycles. The Balaban J connectivity index is 2.76. The summed E-state index contributed by atoms with van der Waals surface area (Å²) in [5.74, 6) is 0.638. The number of hydrogen-bond acceptors (Lipinski definition) is 4. The predicted octanol–water partition coefficient (Wildman–Crippen LogP) is 2.39. The van der Waals surface area contributed by atoms with Crippen LogP contribution in [0.1, 0.15) is 12.7 Å². The molecule has 1 aromatic heterocycles. The van der Waals surface area contributed by atoms with E-state index in [9.17, 15) is 0 Å². The molecule has 0 bridgehead atoms. The fourth-order valence-electron chi connectivity index (χ4n) is 0.804. The molecule has 1 rings (SSSR count). The van der Waals surface area contributed by atoms with Crippen molar-refractivity contribution in [3.63, 3.8) is 0 Å². The molecule has 0 unspecified atom stereocenters. The van der Waals surface area contributed by atoms with E-state index < -0.39 is 0 Å². The number of halogens is 1. The van der Waals surface area contributed by atoms with Crippen LogP contribution in [0, 0.1) is 0 Å². The Morgan fingerprint density at radius 3 is 2.92 bits per heavy atom. The smallest absolute Gasteiger partial charge is 0.156 e. The quantitative estimate of drug-likeness (QED) is 0.574. The maximum atomic E-state index is 5.79. The van der Waals surface area contributed by atoms with Gasteiger partial charge in [-0.2, -0.15) is 0 Å². The molecule has 0 saturated heterocycles. The molecular formula is C8H11ClN2OS. The van der Waals surface area contributed by atoms with Crippen LogP contribution >= 0.6 is 23.4 Å². The first-order valence-electron chi connectivity index (χ1n) is 3.91. The lowest BCUT2D eigenvalue weighted by molar-refractivity contribution is 0.128. The van der Waals surface area contributed by atoms with Crippen LogP contribution < -0.4 is 0 Å². The minimum absolute atomic E-state index is 0.421. The molecule has 0 N–H and O–H groups in total.